The molecular weight excluding hydrogens is 182 g/mol. The van der Waals surface area contributed by atoms with E-state index in [0.29, 0.717) is 6.54 Å². The normalized spacial score (nSPS) is 18.9. The van der Waals surface area contributed by atoms with Gasteiger partial charge in [0.25, 0.3) is 11.8 Å². The summed E-state index contributed by atoms with van der Waals surface area (Å²) < 4.78 is 4.82. The number of ether oxygens (including phenoxy) is 1. The van der Waals surface area contributed by atoms with Gasteiger partial charge in [-0.3, -0.25) is 14.5 Å². The van der Waals surface area contributed by atoms with Gasteiger partial charge in [0.2, 0.25) is 0 Å². The number of rotatable bonds is 2. The number of nitrogens with zero attached hydrogens (tertiary/aromatic N) is 1. The van der Waals surface area contributed by atoms with Crippen LogP contribution in [0.25, 0.3) is 0 Å². The Morgan fingerprint density at radius 3 is 2.14 bits per heavy atom. The van der Waals surface area contributed by atoms with Crippen molar-refractivity contribution in [2.24, 2.45) is 5.41 Å². The van der Waals surface area contributed by atoms with Crippen molar-refractivity contribution in [1.82, 2.24) is 4.90 Å². The highest BCUT2D eigenvalue weighted by Crippen LogP contribution is 2.19. The summed E-state index contributed by atoms with van der Waals surface area (Å²) in [5.41, 5.74) is 0.138. The van der Waals surface area contributed by atoms with Gasteiger partial charge in [-0.25, -0.2) is 0 Å². The molecule has 14 heavy (non-hydrogen) atoms. The quantitative estimate of drug-likeness (QED) is 0.618. The van der Waals surface area contributed by atoms with Gasteiger partial charge in [0.1, 0.15) is 13.2 Å². The monoisotopic (exact) mass is 199 g/mol. The number of hydrogen-bond donors (Lipinski definition) is 0. The van der Waals surface area contributed by atoms with Gasteiger partial charge in [0, 0.05) is 6.54 Å². The zero-order chi connectivity index (χ0) is 10.8. The molecule has 0 aromatic heterocycles. The van der Waals surface area contributed by atoms with E-state index in [9.17, 15) is 9.59 Å². The molecule has 1 aliphatic heterocycles. The Bertz CT molecular complexity index is 226. The zero-order valence-corrected chi connectivity index (χ0v) is 9.00. The van der Waals surface area contributed by atoms with Gasteiger partial charge >= 0.3 is 0 Å². The molecule has 0 saturated carbocycles. The fourth-order valence-corrected chi connectivity index (χ4v) is 1.22. The predicted octanol–water partition coefficient (Wildman–Crippen LogP) is 0.808. The summed E-state index contributed by atoms with van der Waals surface area (Å²) in [4.78, 5) is 23.9. The Hall–Kier alpha value is -0.900. The van der Waals surface area contributed by atoms with Gasteiger partial charge < -0.3 is 4.74 Å². The maximum Gasteiger partial charge on any atom is 0.255 e. The van der Waals surface area contributed by atoms with E-state index >= 15 is 0 Å². The van der Waals surface area contributed by atoms with E-state index < -0.39 is 0 Å². The van der Waals surface area contributed by atoms with Crippen molar-refractivity contribution in [3.63, 3.8) is 0 Å². The molecule has 1 heterocycles. The van der Waals surface area contributed by atoms with Crippen molar-refractivity contribution in [3.05, 3.63) is 0 Å². The Morgan fingerprint density at radius 2 is 1.71 bits per heavy atom. The molecule has 0 aromatic rings. The van der Waals surface area contributed by atoms with Crippen molar-refractivity contribution in [2.45, 2.75) is 27.2 Å². The Balaban J connectivity index is 2.49. The van der Waals surface area contributed by atoms with Crippen LogP contribution in [0.2, 0.25) is 0 Å². The summed E-state index contributed by atoms with van der Waals surface area (Å²) >= 11 is 0. The predicted molar refractivity (Wildman–Crippen MR) is 51.6 cm³/mol. The fourth-order valence-electron chi connectivity index (χ4n) is 1.22. The molecule has 0 N–H and O–H groups in total. The SMILES string of the molecule is CC(C)(C)CCN1C(=O)COCC1=O. The lowest BCUT2D eigenvalue weighted by Crippen LogP contribution is -2.47. The van der Waals surface area contributed by atoms with Crippen molar-refractivity contribution in [3.8, 4) is 0 Å². The highest BCUT2D eigenvalue weighted by Gasteiger charge is 2.27. The van der Waals surface area contributed by atoms with Gasteiger partial charge in [-0.15, -0.1) is 0 Å². The molecule has 0 bridgehead atoms. The molecule has 0 spiro atoms. The molecule has 4 nitrogen and oxygen atoms in total. The Morgan fingerprint density at radius 1 is 1.21 bits per heavy atom. The number of imide groups is 1. The van der Waals surface area contributed by atoms with Crippen LogP contribution in [0.15, 0.2) is 0 Å². The van der Waals surface area contributed by atoms with Crippen LogP contribution in [0.1, 0.15) is 27.2 Å². The first-order chi connectivity index (χ1) is 6.40. The number of morpholine rings is 1. The molecule has 80 valence electrons. The van der Waals surface area contributed by atoms with E-state index in [-0.39, 0.29) is 30.4 Å². The smallest absolute Gasteiger partial charge is 0.255 e. The Labute approximate surface area is 84.2 Å². The molecule has 4 heteroatoms. The van der Waals surface area contributed by atoms with Crippen molar-refractivity contribution in [2.75, 3.05) is 19.8 Å². The average Bonchev–Trinajstić information content (AvgIpc) is 2.01. The molecule has 0 unspecified atom stereocenters. The van der Waals surface area contributed by atoms with E-state index in [4.69, 9.17) is 4.74 Å². The van der Waals surface area contributed by atoms with Crippen LogP contribution in [0.4, 0.5) is 0 Å². The van der Waals surface area contributed by atoms with E-state index in [1.807, 2.05) is 0 Å². The largest absolute Gasteiger partial charge is 0.362 e. The number of carbonyl (C=O) groups excluding carboxylic acids is 2. The number of hydrogen-bond acceptors (Lipinski definition) is 3. The standard InChI is InChI=1S/C10H17NO3/c1-10(2,3)4-5-11-8(12)6-14-7-9(11)13/h4-7H2,1-3H3. The molecule has 1 aliphatic rings. The van der Waals surface area contributed by atoms with Crippen LogP contribution in [-0.2, 0) is 14.3 Å². The summed E-state index contributed by atoms with van der Waals surface area (Å²) in [5, 5.41) is 0. The van der Waals surface area contributed by atoms with Crippen LogP contribution < -0.4 is 0 Å². The minimum atomic E-state index is -0.217. The van der Waals surface area contributed by atoms with Crippen LogP contribution in [-0.4, -0.2) is 36.5 Å². The molecule has 2 amide bonds. The second kappa shape index (κ2) is 4.09. The third-order valence-corrected chi connectivity index (χ3v) is 2.14. The molecule has 0 aliphatic carbocycles. The zero-order valence-electron chi connectivity index (χ0n) is 9.00. The third kappa shape index (κ3) is 3.10. The van der Waals surface area contributed by atoms with Crippen molar-refractivity contribution in [1.29, 1.82) is 0 Å². The van der Waals surface area contributed by atoms with Gasteiger partial charge in [0.05, 0.1) is 0 Å². The fraction of sp³-hybridized carbons (Fsp3) is 0.800. The molecule has 1 saturated heterocycles. The highest BCUT2D eigenvalue weighted by molar-refractivity contribution is 5.98. The lowest BCUT2D eigenvalue weighted by Gasteiger charge is -2.28. The molecular formula is C10H17NO3. The first kappa shape index (κ1) is 11.2. The van der Waals surface area contributed by atoms with Crippen LogP contribution in [0.5, 0.6) is 0 Å². The van der Waals surface area contributed by atoms with E-state index in [1.165, 1.54) is 4.90 Å². The molecule has 1 rings (SSSR count). The maximum absolute atomic E-state index is 11.3. The molecule has 1 fully saturated rings. The maximum atomic E-state index is 11.3. The second-order valence-corrected chi connectivity index (χ2v) is 4.74. The summed E-state index contributed by atoms with van der Waals surface area (Å²) in [6, 6.07) is 0. The summed E-state index contributed by atoms with van der Waals surface area (Å²) in [5.74, 6) is -0.434. The summed E-state index contributed by atoms with van der Waals surface area (Å²) in [7, 11) is 0. The molecule has 0 atom stereocenters. The van der Waals surface area contributed by atoms with Gasteiger partial charge in [-0.1, -0.05) is 20.8 Å². The van der Waals surface area contributed by atoms with E-state index in [0.717, 1.165) is 6.42 Å². The number of amides is 2. The highest BCUT2D eigenvalue weighted by atomic mass is 16.5. The molecule has 0 radical (unpaired) electrons. The van der Waals surface area contributed by atoms with E-state index in [1.54, 1.807) is 0 Å². The van der Waals surface area contributed by atoms with E-state index in [2.05, 4.69) is 20.8 Å². The lowest BCUT2D eigenvalue weighted by molar-refractivity contribution is -0.158. The van der Waals surface area contributed by atoms with Crippen LogP contribution in [0, 0.1) is 5.41 Å². The van der Waals surface area contributed by atoms with Crippen molar-refractivity contribution >= 4 is 11.8 Å². The first-order valence-corrected chi connectivity index (χ1v) is 4.81. The van der Waals surface area contributed by atoms with Gasteiger partial charge in [0.15, 0.2) is 0 Å². The average molecular weight is 199 g/mol. The molecule has 0 aromatic carbocycles. The van der Waals surface area contributed by atoms with Crippen LogP contribution in [0.3, 0.4) is 0 Å². The lowest BCUT2D eigenvalue weighted by atomic mass is 9.92. The van der Waals surface area contributed by atoms with Gasteiger partial charge in [-0.05, 0) is 11.8 Å². The summed E-state index contributed by atoms with van der Waals surface area (Å²) in [6.45, 7) is 6.84. The number of carbonyl (C=O) groups is 2. The third-order valence-electron chi connectivity index (χ3n) is 2.14. The van der Waals surface area contributed by atoms with Crippen LogP contribution >= 0.6 is 0 Å². The first-order valence-electron chi connectivity index (χ1n) is 4.81. The van der Waals surface area contributed by atoms with Gasteiger partial charge in [-0.2, -0.15) is 0 Å². The summed E-state index contributed by atoms with van der Waals surface area (Å²) in [6.07, 6.45) is 0.824. The topological polar surface area (TPSA) is 46.6 Å². The Kier molecular flexibility index (Phi) is 3.26. The second-order valence-electron chi connectivity index (χ2n) is 4.74. The van der Waals surface area contributed by atoms with Crippen molar-refractivity contribution < 1.29 is 14.3 Å². The minimum Gasteiger partial charge on any atom is -0.362 e. The minimum absolute atomic E-state index is 0.0376.